The first kappa shape index (κ1) is 33.4. The maximum Gasteiger partial charge on any atom is 0.0794 e. The number of thiophene rings is 1. The molecule has 1 fully saturated rings. The fraction of sp³-hybridized carbons (Fsp3) is 0.300. The van der Waals surface area contributed by atoms with Crippen molar-refractivity contribution in [1.82, 2.24) is 9.97 Å². The number of nitrogens with zero attached hydrogens (tertiary/aromatic N) is 2. The van der Waals surface area contributed by atoms with Crippen molar-refractivity contribution < 1.29 is 20.1 Å². The van der Waals surface area contributed by atoms with Crippen LogP contribution < -0.4 is 5.19 Å². The predicted molar refractivity (Wildman–Crippen MR) is 193 cm³/mol. The molecular formula is C40H42IrN2SSi-2. The van der Waals surface area contributed by atoms with Crippen LogP contribution in [0.25, 0.3) is 42.7 Å². The van der Waals surface area contributed by atoms with Crippen molar-refractivity contribution in [3.05, 3.63) is 115 Å². The second kappa shape index (κ2) is 14.6. The van der Waals surface area contributed by atoms with Crippen molar-refractivity contribution in [3.63, 3.8) is 0 Å². The van der Waals surface area contributed by atoms with Gasteiger partial charge in [-0.3, -0.25) is 0 Å². The van der Waals surface area contributed by atoms with Crippen molar-refractivity contribution in [2.75, 3.05) is 0 Å². The molecule has 7 rings (SSSR count). The molecule has 1 saturated carbocycles. The summed E-state index contributed by atoms with van der Waals surface area (Å²) in [7, 11) is -1.40. The molecule has 0 spiro atoms. The van der Waals surface area contributed by atoms with E-state index in [-0.39, 0.29) is 20.1 Å². The largest absolute Gasteiger partial charge is 0.305 e. The van der Waals surface area contributed by atoms with Crippen LogP contribution in [0.3, 0.4) is 0 Å². The summed E-state index contributed by atoms with van der Waals surface area (Å²) in [6.07, 6.45) is 10.7. The van der Waals surface area contributed by atoms with E-state index in [4.69, 9.17) is 4.98 Å². The molecule has 1 aliphatic rings. The Kier molecular flexibility index (Phi) is 10.9. The molecular weight excluding hydrogens is 761 g/mol. The number of hydrogen-bond donors (Lipinski definition) is 0. The number of pyridine rings is 2. The van der Waals surface area contributed by atoms with Gasteiger partial charge in [0.1, 0.15) is 0 Å². The first-order chi connectivity index (χ1) is 21.3. The van der Waals surface area contributed by atoms with Gasteiger partial charge in [-0.15, -0.1) is 59.7 Å². The minimum Gasteiger partial charge on any atom is -0.305 e. The molecule has 3 heterocycles. The zero-order valence-electron chi connectivity index (χ0n) is 27.0. The van der Waals surface area contributed by atoms with Crippen LogP contribution in [0, 0.1) is 12.1 Å². The fourth-order valence-corrected chi connectivity index (χ4v) is 9.98. The average Bonchev–Trinajstić information content (AvgIpc) is 3.45. The van der Waals surface area contributed by atoms with Gasteiger partial charge in [0.2, 0.25) is 0 Å². The normalized spacial score (nSPS) is 13.8. The van der Waals surface area contributed by atoms with Gasteiger partial charge in [0, 0.05) is 37.2 Å². The quantitative estimate of drug-likeness (QED) is 0.128. The van der Waals surface area contributed by atoms with Gasteiger partial charge in [-0.1, -0.05) is 100 Å². The average molecular weight is 803 g/mol. The number of aromatic nitrogens is 2. The van der Waals surface area contributed by atoms with Gasteiger partial charge in [-0.2, -0.15) is 11.3 Å². The van der Waals surface area contributed by atoms with Crippen LogP contribution in [0.2, 0.25) is 19.6 Å². The van der Waals surface area contributed by atoms with Gasteiger partial charge in [0.05, 0.1) is 8.07 Å². The maximum absolute atomic E-state index is 4.78. The minimum atomic E-state index is -1.40. The van der Waals surface area contributed by atoms with E-state index in [0.717, 1.165) is 17.0 Å². The van der Waals surface area contributed by atoms with Crippen LogP contribution in [0.5, 0.6) is 0 Å². The van der Waals surface area contributed by atoms with Crippen molar-refractivity contribution in [3.8, 4) is 22.5 Å². The standard InChI is InChI=1S/C26H28NSSi.C14H14N.Ir/c1-29(2,3)24-14-8-12-21-20-11-7-13-22(25(20)28-26(21)24)23-17-19(15-16-27-23)18-9-5-4-6-10-18;1-11(2)13-8-9-14(15-10-13)12-6-4-3-5-7-12;/h7-8,11-12,14-18H,4-6,9-10H2,1-3H3;3-6,8-11H,1-2H3;/q2*-1;. The summed E-state index contributed by atoms with van der Waals surface area (Å²) in [5.74, 6) is 1.23. The van der Waals surface area contributed by atoms with Crippen LogP contribution in [-0.4, -0.2) is 18.0 Å². The van der Waals surface area contributed by atoms with Crippen molar-refractivity contribution >= 4 is 44.8 Å². The van der Waals surface area contributed by atoms with E-state index in [0.29, 0.717) is 11.8 Å². The molecule has 45 heavy (non-hydrogen) atoms. The van der Waals surface area contributed by atoms with E-state index >= 15 is 0 Å². The Hall–Kier alpha value is -2.95. The van der Waals surface area contributed by atoms with Crippen molar-refractivity contribution in [2.24, 2.45) is 0 Å². The molecule has 3 aromatic heterocycles. The van der Waals surface area contributed by atoms with E-state index in [9.17, 15) is 0 Å². The maximum atomic E-state index is 4.78. The van der Waals surface area contributed by atoms with Gasteiger partial charge < -0.3 is 9.97 Å². The van der Waals surface area contributed by atoms with Crippen LogP contribution in [0.15, 0.2) is 91.3 Å². The van der Waals surface area contributed by atoms with Gasteiger partial charge in [0.25, 0.3) is 0 Å². The molecule has 0 aliphatic heterocycles. The second-order valence-electron chi connectivity index (χ2n) is 13.3. The summed E-state index contributed by atoms with van der Waals surface area (Å²) < 4.78 is 2.80. The van der Waals surface area contributed by atoms with E-state index in [2.05, 4.69) is 105 Å². The molecule has 0 unspecified atom stereocenters. The summed E-state index contributed by atoms with van der Waals surface area (Å²) in [4.78, 5) is 9.22. The third-order valence-electron chi connectivity index (χ3n) is 8.82. The SMILES string of the molecule is CC(C)c1ccc(-c2[c-]cccc2)nc1.C[Si](C)(C)c1cccc2c1sc1c(-c3cc(C4CCCCC4)ccn3)[c-]ccc12.[Ir]. The number of benzene rings is 3. The van der Waals surface area contributed by atoms with Crippen LogP contribution in [0.4, 0.5) is 0 Å². The Morgan fingerprint density at radius 1 is 0.778 bits per heavy atom. The predicted octanol–water partition coefficient (Wildman–Crippen LogP) is 11.2. The Bertz CT molecular complexity index is 1850. The number of hydrogen-bond acceptors (Lipinski definition) is 3. The Morgan fingerprint density at radius 2 is 1.58 bits per heavy atom. The molecule has 1 aliphatic carbocycles. The smallest absolute Gasteiger partial charge is 0.0794 e. The van der Waals surface area contributed by atoms with Crippen LogP contribution >= 0.6 is 11.3 Å². The van der Waals surface area contributed by atoms with Gasteiger partial charge in [-0.05, 0) is 63.0 Å². The molecule has 3 aromatic carbocycles. The monoisotopic (exact) mass is 803 g/mol. The van der Waals surface area contributed by atoms with Gasteiger partial charge in [0.15, 0.2) is 0 Å². The molecule has 6 aromatic rings. The molecule has 233 valence electrons. The molecule has 0 atom stereocenters. The zero-order valence-corrected chi connectivity index (χ0v) is 31.2. The van der Waals surface area contributed by atoms with E-state index in [1.165, 1.54) is 69.0 Å². The van der Waals surface area contributed by atoms with Crippen LogP contribution in [0.1, 0.15) is 68.9 Å². The van der Waals surface area contributed by atoms with Crippen molar-refractivity contribution in [2.45, 2.75) is 77.4 Å². The van der Waals surface area contributed by atoms with E-state index < -0.39 is 8.07 Å². The second-order valence-corrected chi connectivity index (χ2v) is 19.4. The third kappa shape index (κ3) is 7.55. The fourth-order valence-electron chi connectivity index (χ4n) is 6.28. The van der Waals surface area contributed by atoms with Crippen molar-refractivity contribution in [1.29, 1.82) is 0 Å². The van der Waals surface area contributed by atoms with Crippen LogP contribution in [-0.2, 0) is 20.1 Å². The minimum absolute atomic E-state index is 0. The summed E-state index contributed by atoms with van der Waals surface area (Å²) in [5.41, 5.74) is 7.02. The molecule has 2 nitrogen and oxygen atoms in total. The van der Waals surface area contributed by atoms with E-state index in [1.807, 2.05) is 48.0 Å². The summed E-state index contributed by atoms with van der Waals surface area (Å²) in [5, 5.41) is 4.30. The Balaban J connectivity index is 0.000000212. The first-order valence-corrected chi connectivity index (χ1v) is 20.4. The molecule has 0 saturated heterocycles. The molecule has 0 bridgehead atoms. The summed E-state index contributed by atoms with van der Waals surface area (Å²) in [6.45, 7) is 11.7. The zero-order chi connectivity index (χ0) is 30.7. The summed E-state index contributed by atoms with van der Waals surface area (Å²) >= 11 is 1.94. The Morgan fingerprint density at radius 3 is 2.27 bits per heavy atom. The Labute approximate surface area is 287 Å². The van der Waals surface area contributed by atoms with E-state index in [1.54, 1.807) is 5.19 Å². The van der Waals surface area contributed by atoms with Gasteiger partial charge in [-0.25, -0.2) is 0 Å². The molecule has 0 N–H and O–H groups in total. The molecule has 1 radical (unpaired) electrons. The molecule has 5 heteroatoms. The summed E-state index contributed by atoms with van der Waals surface area (Å²) in [6, 6.07) is 34.5. The molecule has 0 amide bonds. The number of fused-ring (bicyclic) bond motifs is 3. The number of rotatable bonds is 5. The third-order valence-corrected chi connectivity index (χ3v) is 12.3. The first-order valence-electron chi connectivity index (χ1n) is 16.1. The topological polar surface area (TPSA) is 25.8 Å². The van der Waals surface area contributed by atoms with Gasteiger partial charge >= 0.3 is 0 Å².